The van der Waals surface area contributed by atoms with Crippen molar-refractivity contribution in [2.24, 2.45) is 0 Å². The molecule has 1 aliphatic rings. The Morgan fingerprint density at radius 1 is 0.720 bits per heavy atom. The van der Waals surface area contributed by atoms with Crippen molar-refractivity contribution in [3.63, 3.8) is 0 Å². The highest BCUT2D eigenvalue weighted by molar-refractivity contribution is 6.19. The van der Waals surface area contributed by atoms with E-state index in [4.69, 9.17) is 0 Å². The van der Waals surface area contributed by atoms with Crippen molar-refractivity contribution in [1.82, 2.24) is 4.90 Å². The minimum Gasteiger partial charge on any atom is -0.295 e. The van der Waals surface area contributed by atoms with Gasteiger partial charge in [0.15, 0.2) is 11.6 Å². The summed E-state index contributed by atoms with van der Waals surface area (Å²) in [4.78, 5) is 50.7. The summed E-state index contributed by atoms with van der Waals surface area (Å²) in [6.45, 7) is 0. The molecule has 5 heteroatoms. The minimum absolute atomic E-state index is 0.00862. The molecule has 0 heterocycles. The first-order valence-electron chi connectivity index (χ1n) is 7.84. The van der Waals surface area contributed by atoms with Gasteiger partial charge in [0.1, 0.15) is 0 Å². The Labute approximate surface area is 144 Å². The van der Waals surface area contributed by atoms with Gasteiger partial charge < -0.3 is 0 Å². The second kappa shape index (κ2) is 7.05. The van der Waals surface area contributed by atoms with Gasteiger partial charge in [-0.25, -0.2) is 4.90 Å². The first kappa shape index (κ1) is 16.5. The fourth-order valence-corrected chi connectivity index (χ4v) is 2.59. The van der Waals surface area contributed by atoms with E-state index in [1.807, 2.05) is 0 Å². The van der Waals surface area contributed by atoms with Crippen molar-refractivity contribution >= 4 is 23.4 Å². The van der Waals surface area contributed by atoms with E-state index in [9.17, 15) is 19.2 Å². The average Bonchev–Trinajstić information content (AvgIpc) is 2.66. The Hall–Kier alpha value is -3.34. The molecule has 2 aromatic carbocycles. The molecule has 124 valence electrons. The lowest BCUT2D eigenvalue weighted by molar-refractivity contribution is -0.122. The Morgan fingerprint density at radius 3 is 1.68 bits per heavy atom. The topological polar surface area (TPSA) is 71.5 Å². The van der Waals surface area contributed by atoms with Crippen LogP contribution in [0.3, 0.4) is 0 Å². The number of benzene rings is 2. The molecule has 0 N–H and O–H groups in total. The van der Waals surface area contributed by atoms with Gasteiger partial charge in [0, 0.05) is 30.0 Å². The van der Waals surface area contributed by atoms with Gasteiger partial charge in [-0.2, -0.15) is 0 Å². The lowest BCUT2D eigenvalue weighted by Gasteiger charge is -2.24. The third kappa shape index (κ3) is 3.45. The summed E-state index contributed by atoms with van der Waals surface area (Å²) in [6, 6.07) is 16.4. The number of carbonyl (C=O) groups excluding carboxylic acids is 4. The van der Waals surface area contributed by atoms with Gasteiger partial charge in [0.2, 0.25) is 0 Å². The van der Waals surface area contributed by atoms with Crippen molar-refractivity contribution in [3.05, 3.63) is 83.6 Å². The number of carbonyl (C=O) groups is 4. The second-order valence-corrected chi connectivity index (χ2v) is 5.60. The number of Topliss-reactive ketones (excluding diaryl/α,β-unsaturated/α-hetero) is 1. The summed E-state index contributed by atoms with van der Waals surface area (Å²) in [5.41, 5.74) is 0.357. The molecule has 0 atom stereocenters. The second-order valence-electron chi connectivity index (χ2n) is 5.60. The number of rotatable bonds is 3. The standard InChI is InChI=1S/C20H15NO4/c22-16-11-12-18(23)17(13-16)21(19(24)14-7-3-1-4-8-14)20(25)15-9-5-2-6-10-15/h1-10,13H,11-12H2. The van der Waals surface area contributed by atoms with Crippen LogP contribution in [0, 0.1) is 0 Å². The van der Waals surface area contributed by atoms with Crippen LogP contribution >= 0.6 is 0 Å². The number of allylic oxidation sites excluding steroid dienone is 2. The maximum absolute atomic E-state index is 12.9. The zero-order chi connectivity index (χ0) is 17.8. The molecule has 2 amide bonds. The molecule has 0 unspecified atom stereocenters. The molecule has 3 rings (SSSR count). The van der Waals surface area contributed by atoms with Crippen molar-refractivity contribution in [2.75, 3.05) is 0 Å². The van der Waals surface area contributed by atoms with Crippen molar-refractivity contribution in [2.45, 2.75) is 12.8 Å². The zero-order valence-electron chi connectivity index (χ0n) is 13.3. The average molecular weight is 333 g/mol. The Balaban J connectivity index is 2.08. The molecule has 0 saturated carbocycles. The van der Waals surface area contributed by atoms with E-state index in [2.05, 4.69) is 0 Å². The lowest BCUT2D eigenvalue weighted by Crippen LogP contribution is -2.40. The highest BCUT2D eigenvalue weighted by atomic mass is 16.2. The van der Waals surface area contributed by atoms with Crippen molar-refractivity contribution in [3.8, 4) is 0 Å². The monoisotopic (exact) mass is 333 g/mol. The van der Waals surface area contributed by atoms with Gasteiger partial charge in [-0.1, -0.05) is 36.4 Å². The van der Waals surface area contributed by atoms with E-state index in [0.29, 0.717) is 0 Å². The summed E-state index contributed by atoms with van der Waals surface area (Å²) in [6.07, 6.45) is 1.17. The molecular formula is C20H15NO4. The third-order valence-electron chi connectivity index (χ3n) is 3.87. The molecule has 1 aliphatic carbocycles. The fraction of sp³-hybridized carbons (Fsp3) is 0.100. The third-order valence-corrected chi connectivity index (χ3v) is 3.87. The molecule has 0 aliphatic heterocycles. The first-order valence-corrected chi connectivity index (χ1v) is 7.84. The molecule has 0 aromatic heterocycles. The fourth-order valence-electron chi connectivity index (χ4n) is 2.59. The quantitative estimate of drug-likeness (QED) is 0.810. The van der Waals surface area contributed by atoms with Crippen LogP contribution < -0.4 is 0 Å². The van der Waals surface area contributed by atoms with E-state index >= 15 is 0 Å². The maximum Gasteiger partial charge on any atom is 0.265 e. The lowest BCUT2D eigenvalue weighted by atomic mass is 9.99. The van der Waals surface area contributed by atoms with Crippen LogP contribution in [0.15, 0.2) is 72.4 Å². The van der Waals surface area contributed by atoms with Crippen LogP contribution in [0.5, 0.6) is 0 Å². The van der Waals surface area contributed by atoms with Gasteiger partial charge in [-0.05, 0) is 24.3 Å². The number of nitrogens with zero attached hydrogens (tertiary/aromatic N) is 1. The van der Waals surface area contributed by atoms with E-state index in [1.54, 1.807) is 60.7 Å². The van der Waals surface area contributed by atoms with E-state index < -0.39 is 17.6 Å². The SMILES string of the molecule is O=C1C=C(N(C(=O)c2ccccc2)C(=O)c2ccccc2)C(=O)CC1. The Morgan fingerprint density at radius 2 is 1.20 bits per heavy atom. The van der Waals surface area contributed by atoms with Crippen molar-refractivity contribution < 1.29 is 19.2 Å². The predicted octanol–water partition coefficient (Wildman–Crippen LogP) is 2.79. The summed E-state index contributed by atoms with van der Waals surface area (Å²) in [5.74, 6) is -1.94. The number of ketones is 2. The predicted molar refractivity (Wildman–Crippen MR) is 90.7 cm³/mol. The normalized spacial score (nSPS) is 14.0. The van der Waals surface area contributed by atoms with Gasteiger partial charge >= 0.3 is 0 Å². The number of hydrogen-bond acceptors (Lipinski definition) is 4. The summed E-state index contributed by atoms with van der Waals surface area (Å²) >= 11 is 0. The minimum atomic E-state index is -0.635. The van der Waals surface area contributed by atoms with Gasteiger partial charge in [0.25, 0.3) is 11.8 Å². The molecule has 2 aromatic rings. The first-order chi connectivity index (χ1) is 12.1. The van der Waals surface area contributed by atoms with Gasteiger partial charge in [-0.3, -0.25) is 19.2 Å². The molecular weight excluding hydrogens is 318 g/mol. The largest absolute Gasteiger partial charge is 0.295 e. The molecule has 0 bridgehead atoms. The summed E-state index contributed by atoms with van der Waals surface area (Å²) in [7, 11) is 0. The molecule has 0 spiro atoms. The summed E-state index contributed by atoms with van der Waals surface area (Å²) in [5, 5.41) is 0. The number of amides is 2. The number of hydrogen-bond donors (Lipinski definition) is 0. The maximum atomic E-state index is 12.9. The van der Waals surface area contributed by atoms with Crippen LogP contribution in [-0.2, 0) is 9.59 Å². The van der Waals surface area contributed by atoms with Crippen LogP contribution in [0.4, 0.5) is 0 Å². The molecule has 0 radical (unpaired) electrons. The smallest absolute Gasteiger partial charge is 0.265 e. The van der Waals surface area contributed by atoms with E-state index in [0.717, 1.165) is 11.0 Å². The van der Waals surface area contributed by atoms with Crippen LogP contribution in [0.2, 0.25) is 0 Å². The molecule has 25 heavy (non-hydrogen) atoms. The van der Waals surface area contributed by atoms with E-state index in [1.165, 1.54) is 0 Å². The van der Waals surface area contributed by atoms with Crippen LogP contribution in [-0.4, -0.2) is 28.3 Å². The molecule has 5 nitrogen and oxygen atoms in total. The molecule has 0 saturated heterocycles. The molecule has 0 fully saturated rings. The van der Waals surface area contributed by atoms with Crippen molar-refractivity contribution in [1.29, 1.82) is 0 Å². The van der Waals surface area contributed by atoms with Crippen LogP contribution in [0.1, 0.15) is 33.6 Å². The highest BCUT2D eigenvalue weighted by Crippen LogP contribution is 2.21. The van der Waals surface area contributed by atoms with Crippen LogP contribution in [0.25, 0.3) is 0 Å². The highest BCUT2D eigenvalue weighted by Gasteiger charge is 2.33. The zero-order valence-corrected chi connectivity index (χ0v) is 13.3. The van der Waals surface area contributed by atoms with Gasteiger partial charge in [0.05, 0.1) is 5.70 Å². The van der Waals surface area contributed by atoms with E-state index in [-0.39, 0.29) is 35.4 Å². The number of imide groups is 1. The Kier molecular flexibility index (Phi) is 4.66. The Bertz CT molecular complexity index is 818. The van der Waals surface area contributed by atoms with Gasteiger partial charge in [-0.15, -0.1) is 0 Å². The summed E-state index contributed by atoms with van der Waals surface area (Å²) < 4.78 is 0.